The molecule has 0 radical (unpaired) electrons. The summed E-state index contributed by atoms with van der Waals surface area (Å²) in [6, 6.07) is 22.4. The Kier molecular flexibility index (Phi) is 2.38. The van der Waals surface area contributed by atoms with Crippen LogP contribution in [0.25, 0.3) is 47.9 Å². The van der Waals surface area contributed by atoms with Crippen molar-refractivity contribution >= 4 is 48.8 Å². The molecule has 0 bridgehead atoms. The van der Waals surface area contributed by atoms with Crippen LogP contribution in [0, 0.1) is 17.9 Å². The van der Waals surface area contributed by atoms with E-state index >= 15 is 0 Å². The van der Waals surface area contributed by atoms with Gasteiger partial charge in [0.05, 0.1) is 18.2 Å². The molecule has 0 aliphatic carbocycles. The van der Waals surface area contributed by atoms with E-state index in [1.807, 2.05) is 48.5 Å². The van der Waals surface area contributed by atoms with E-state index in [2.05, 4.69) is 23.0 Å². The summed E-state index contributed by atoms with van der Waals surface area (Å²) < 4.78 is 0. The molecule has 0 atom stereocenters. The zero-order valence-corrected chi connectivity index (χ0v) is 12.7. The number of nitrogens with zero attached hydrogens (tertiary/aromatic N) is 2. The fourth-order valence-electron chi connectivity index (χ4n) is 3.89. The predicted octanol–water partition coefficient (Wildman–Crippen LogP) is 6.16. The Labute approximate surface area is 138 Å². The first-order valence-electron chi connectivity index (χ1n) is 7.73. The molecule has 0 saturated carbocycles. The molecule has 0 aliphatic heterocycles. The molecule has 0 amide bonds. The maximum absolute atomic E-state index is 9.44. The smallest absolute Gasteiger partial charge is 0.194 e. The van der Waals surface area contributed by atoms with Crippen molar-refractivity contribution < 1.29 is 0 Å². The van der Waals surface area contributed by atoms with E-state index < -0.39 is 0 Å². The maximum atomic E-state index is 9.44. The van der Waals surface area contributed by atoms with Gasteiger partial charge in [-0.3, -0.25) is 0 Å². The van der Waals surface area contributed by atoms with Gasteiger partial charge in [-0.15, -0.1) is 0 Å². The van der Waals surface area contributed by atoms with Crippen LogP contribution in [0.5, 0.6) is 0 Å². The van der Waals surface area contributed by atoms with Crippen molar-refractivity contribution in [1.82, 2.24) is 0 Å². The third kappa shape index (κ3) is 1.43. The lowest BCUT2D eigenvalue weighted by atomic mass is 9.88. The molecule has 0 fully saturated rings. The first-order chi connectivity index (χ1) is 11.8. The molecule has 0 N–H and O–H groups in total. The molecule has 108 valence electrons. The third-order valence-electron chi connectivity index (χ3n) is 4.88. The standard InChI is InChI=1S/C22H10N2/c1-24-20-11-10-18-15-5-2-4-14-13(12-23)8-9-17(21(14)15)16-6-3-7-19(20)22(16)18/h2-11H. The van der Waals surface area contributed by atoms with E-state index in [9.17, 15) is 5.26 Å². The van der Waals surface area contributed by atoms with E-state index in [0.29, 0.717) is 11.3 Å². The largest absolute Gasteiger partial charge is 0.238 e. The van der Waals surface area contributed by atoms with Gasteiger partial charge < -0.3 is 0 Å². The number of hydrogen-bond acceptors (Lipinski definition) is 1. The average molecular weight is 302 g/mol. The summed E-state index contributed by atoms with van der Waals surface area (Å²) in [5, 5.41) is 18.2. The van der Waals surface area contributed by atoms with Crippen LogP contribution in [-0.4, -0.2) is 0 Å². The zero-order chi connectivity index (χ0) is 16.3. The molecule has 0 aliphatic rings. The lowest BCUT2D eigenvalue weighted by Crippen LogP contribution is -1.88. The second-order valence-corrected chi connectivity index (χ2v) is 5.97. The van der Waals surface area contributed by atoms with Crippen LogP contribution in [0.4, 0.5) is 5.69 Å². The first kappa shape index (κ1) is 12.9. The van der Waals surface area contributed by atoms with Gasteiger partial charge >= 0.3 is 0 Å². The molecule has 0 aromatic heterocycles. The van der Waals surface area contributed by atoms with E-state index in [1.165, 1.54) is 0 Å². The van der Waals surface area contributed by atoms with Crippen LogP contribution < -0.4 is 0 Å². The highest BCUT2D eigenvalue weighted by Crippen LogP contribution is 2.43. The summed E-state index contributed by atoms with van der Waals surface area (Å²) in [5.41, 5.74) is 1.38. The predicted molar refractivity (Wildman–Crippen MR) is 98.6 cm³/mol. The van der Waals surface area contributed by atoms with Crippen molar-refractivity contribution in [2.45, 2.75) is 0 Å². The summed E-state index contributed by atoms with van der Waals surface area (Å²) in [7, 11) is 0. The Morgan fingerprint density at radius 1 is 0.667 bits per heavy atom. The second-order valence-electron chi connectivity index (χ2n) is 5.97. The van der Waals surface area contributed by atoms with Crippen molar-refractivity contribution in [3.8, 4) is 6.07 Å². The van der Waals surface area contributed by atoms with Crippen LogP contribution in [0.15, 0.2) is 60.7 Å². The van der Waals surface area contributed by atoms with Gasteiger partial charge in [-0.1, -0.05) is 54.6 Å². The zero-order valence-electron chi connectivity index (χ0n) is 12.7. The highest BCUT2D eigenvalue weighted by Gasteiger charge is 2.15. The van der Waals surface area contributed by atoms with Crippen LogP contribution in [0.2, 0.25) is 0 Å². The molecule has 24 heavy (non-hydrogen) atoms. The number of nitriles is 1. The Hall–Kier alpha value is -3.62. The van der Waals surface area contributed by atoms with Gasteiger partial charge in [-0.25, -0.2) is 4.85 Å². The minimum Gasteiger partial charge on any atom is -0.238 e. The third-order valence-corrected chi connectivity index (χ3v) is 4.88. The van der Waals surface area contributed by atoms with Gasteiger partial charge in [0.15, 0.2) is 5.69 Å². The molecule has 5 aromatic carbocycles. The average Bonchev–Trinajstić information content (AvgIpc) is 2.65. The minimum absolute atomic E-state index is 0.680. The lowest BCUT2D eigenvalue weighted by molar-refractivity contribution is 1.51. The number of rotatable bonds is 0. The molecule has 5 aromatic rings. The molecule has 5 rings (SSSR count). The van der Waals surface area contributed by atoms with Gasteiger partial charge in [-0.2, -0.15) is 5.26 Å². The summed E-state index contributed by atoms with van der Waals surface area (Å²) in [5.74, 6) is 0. The summed E-state index contributed by atoms with van der Waals surface area (Å²) in [4.78, 5) is 3.68. The molecule has 2 heteroatoms. The summed E-state index contributed by atoms with van der Waals surface area (Å²) in [6.45, 7) is 7.44. The number of hydrogen-bond donors (Lipinski definition) is 0. The lowest BCUT2D eigenvalue weighted by Gasteiger charge is -2.15. The molecular weight excluding hydrogens is 292 g/mol. The highest BCUT2D eigenvalue weighted by molar-refractivity contribution is 6.34. The Balaban J connectivity index is 2.22. The van der Waals surface area contributed by atoms with Gasteiger partial charge in [0, 0.05) is 5.39 Å². The molecule has 0 unspecified atom stereocenters. The van der Waals surface area contributed by atoms with Crippen molar-refractivity contribution in [3.05, 3.63) is 77.6 Å². The van der Waals surface area contributed by atoms with Crippen molar-refractivity contribution in [3.63, 3.8) is 0 Å². The van der Waals surface area contributed by atoms with Crippen molar-refractivity contribution in [1.29, 1.82) is 5.26 Å². The monoisotopic (exact) mass is 302 g/mol. The Morgan fingerprint density at radius 3 is 1.88 bits per heavy atom. The Morgan fingerprint density at radius 2 is 1.21 bits per heavy atom. The minimum atomic E-state index is 0.680. The van der Waals surface area contributed by atoms with E-state index in [1.54, 1.807) is 0 Å². The SMILES string of the molecule is [C-]#[N+]c1ccc2c3cccc4c(C#N)ccc(c5cccc1c52)c43. The van der Waals surface area contributed by atoms with Crippen LogP contribution in [-0.2, 0) is 0 Å². The van der Waals surface area contributed by atoms with E-state index in [4.69, 9.17) is 6.57 Å². The van der Waals surface area contributed by atoms with Gasteiger partial charge in [0.2, 0.25) is 0 Å². The van der Waals surface area contributed by atoms with Crippen LogP contribution in [0.1, 0.15) is 5.56 Å². The summed E-state index contributed by atoms with van der Waals surface area (Å²) >= 11 is 0. The van der Waals surface area contributed by atoms with Gasteiger partial charge in [0.1, 0.15) is 0 Å². The highest BCUT2D eigenvalue weighted by atomic mass is 14.6. The fourth-order valence-corrected chi connectivity index (χ4v) is 3.89. The van der Waals surface area contributed by atoms with Gasteiger partial charge in [-0.05, 0) is 43.8 Å². The molecular formula is C22H10N2. The maximum Gasteiger partial charge on any atom is 0.194 e. The van der Waals surface area contributed by atoms with Crippen molar-refractivity contribution in [2.75, 3.05) is 0 Å². The van der Waals surface area contributed by atoms with E-state index in [0.717, 1.165) is 43.1 Å². The fraction of sp³-hybridized carbons (Fsp3) is 0. The van der Waals surface area contributed by atoms with E-state index in [-0.39, 0.29) is 0 Å². The topological polar surface area (TPSA) is 28.1 Å². The van der Waals surface area contributed by atoms with Gasteiger partial charge in [0.25, 0.3) is 0 Å². The first-order valence-corrected chi connectivity index (χ1v) is 7.73. The van der Waals surface area contributed by atoms with Crippen LogP contribution >= 0.6 is 0 Å². The molecule has 0 heterocycles. The number of fused-ring (bicyclic) bond motifs is 2. The molecule has 0 saturated heterocycles. The molecule has 0 spiro atoms. The Bertz CT molecular complexity index is 1240. The normalized spacial score (nSPS) is 11.2. The quantitative estimate of drug-likeness (QED) is 0.191. The molecule has 2 nitrogen and oxygen atoms in total. The second kappa shape index (κ2) is 4.44. The summed E-state index contributed by atoms with van der Waals surface area (Å²) in [6.07, 6.45) is 0. The van der Waals surface area contributed by atoms with Crippen LogP contribution in [0.3, 0.4) is 0 Å². The van der Waals surface area contributed by atoms with Crippen molar-refractivity contribution in [2.24, 2.45) is 0 Å². The number of benzene rings is 5.